The number of H-pyrrole nitrogens is 1. The minimum Gasteiger partial charge on any atom is -0.385 e. The summed E-state index contributed by atoms with van der Waals surface area (Å²) in [5.41, 5.74) is 2.86. The third kappa shape index (κ3) is 1.58. The van der Waals surface area contributed by atoms with Crippen LogP contribution in [0.5, 0.6) is 0 Å². The average Bonchev–Trinajstić information content (AvgIpc) is 2.60. The number of nitrogens with one attached hydrogen (secondary N) is 2. The van der Waals surface area contributed by atoms with Crippen LogP contribution in [0.1, 0.15) is 5.69 Å². The van der Waals surface area contributed by atoms with Gasteiger partial charge in [-0.25, -0.2) is 4.39 Å². The Kier molecular flexibility index (Phi) is 2.41. The van der Waals surface area contributed by atoms with E-state index < -0.39 is 0 Å². The summed E-state index contributed by atoms with van der Waals surface area (Å²) in [6, 6.07) is 6.60. The smallest absolute Gasteiger partial charge is 0.132 e. The summed E-state index contributed by atoms with van der Waals surface area (Å²) in [7, 11) is 1.79. The number of hydrogen-bond donors (Lipinski definition) is 2. The molecular weight excluding hydrogens is 193 g/mol. The van der Waals surface area contributed by atoms with Crippen molar-refractivity contribution in [3.63, 3.8) is 0 Å². The molecule has 2 aromatic rings. The molecular formula is C11H12FN3. The molecule has 78 valence electrons. The van der Waals surface area contributed by atoms with Gasteiger partial charge in [0, 0.05) is 12.6 Å². The number of benzene rings is 1. The zero-order chi connectivity index (χ0) is 10.8. The lowest BCUT2D eigenvalue weighted by atomic mass is 10.1. The molecule has 4 heteroatoms. The number of aromatic amines is 1. The number of hydrogen-bond acceptors (Lipinski definition) is 2. The maximum atomic E-state index is 13.5. The van der Waals surface area contributed by atoms with E-state index >= 15 is 0 Å². The number of aryl methyl sites for hydroxylation is 1. The van der Waals surface area contributed by atoms with E-state index in [-0.39, 0.29) is 5.82 Å². The van der Waals surface area contributed by atoms with Crippen molar-refractivity contribution in [3.8, 4) is 11.3 Å². The molecule has 1 heterocycles. The Balaban J connectivity index is 2.59. The van der Waals surface area contributed by atoms with Crippen LogP contribution in [0.25, 0.3) is 11.3 Å². The van der Waals surface area contributed by atoms with E-state index in [0.29, 0.717) is 11.3 Å². The summed E-state index contributed by atoms with van der Waals surface area (Å²) in [6.07, 6.45) is 0. The fourth-order valence-electron chi connectivity index (χ4n) is 1.58. The zero-order valence-electron chi connectivity index (χ0n) is 8.63. The highest BCUT2D eigenvalue weighted by atomic mass is 19.1. The summed E-state index contributed by atoms with van der Waals surface area (Å²) >= 11 is 0. The SMILES string of the molecule is CNc1c(-c2ccccc2F)n[nH]c1C. The monoisotopic (exact) mass is 205 g/mol. The van der Waals surface area contributed by atoms with Crippen molar-refractivity contribution in [3.05, 3.63) is 35.8 Å². The maximum Gasteiger partial charge on any atom is 0.132 e. The molecule has 0 unspecified atom stereocenters. The van der Waals surface area contributed by atoms with Gasteiger partial charge < -0.3 is 5.32 Å². The molecule has 0 saturated heterocycles. The van der Waals surface area contributed by atoms with Gasteiger partial charge in [0.05, 0.1) is 11.4 Å². The van der Waals surface area contributed by atoms with Crippen LogP contribution in [0.15, 0.2) is 24.3 Å². The van der Waals surface area contributed by atoms with Crippen LogP contribution in [-0.4, -0.2) is 17.2 Å². The average molecular weight is 205 g/mol. The first-order valence-electron chi connectivity index (χ1n) is 4.71. The minimum absolute atomic E-state index is 0.263. The lowest BCUT2D eigenvalue weighted by Gasteiger charge is -2.03. The predicted octanol–water partition coefficient (Wildman–Crippen LogP) is 2.57. The summed E-state index contributed by atoms with van der Waals surface area (Å²) in [6.45, 7) is 1.89. The highest BCUT2D eigenvalue weighted by Crippen LogP contribution is 2.29. The third-order valence-corrected chi connectivity index (χ3v) is 2.33. The van der Waals surface area contributed by atoms with Crippen molar-refractivity contribution in [2.75, 3.05) is 12.4 Å². The predicted molar refractivity (Wildman–Crippen MR) is 58.3 cm³/mol. The van der Waals surface area contributed by atoms with Crippen LogP contribution in [-0.2, 0) is 0 Å². The molecule has 0 amide bonds. The Labute approximate surface area is 87.3 Å². The molecule has 0 aliphatic carbocycles. The topological polar surface area (TPSA) is 40.7 Å². The van der Waals surface area contributed by atoms with Gasteiger partial charge in [0.25, 0.3) is 0 Å². The molecule has 2 rings (SSSR count). The van der Waals surface area contributed by atoms with Crippen LogP contribution in [0.2, 0.25) is 0 Å². The van der Waals surface area contributed by atoms with Gasteiger partial charge in [0.1, 0.15) is 11.5 Å². The fraction of sp³-hybridized carbons (Fsp3) is 0.182. The van der Waals surface area contributed by atoms with Crippen molar-refractivity contribution in [1.82, 2.24) is 10.2 Å². The Hall–Kier alpha value is -1.84. The van der Waals surface area contributed by atoms with E-state index in [1.54, 1.807) is 25.2 Å². The van der Waals surface area contributed by atoms with E-state index in [2.05, 4.69) is 15.5 Å². The van der Waals surface area contributed by atoms with Crippen molar-refractivity contribution < 1.29 is 4.39 Å². The van der Waals surface area contributed by atoms with Crippen molar-refractivity contribution >= 4 is 5.69 Å². The molecule has 0 atom stereocenters. The zero-order valence-corrected chi connectivity index (χ0v) is 8.63. The van der Waals surface area contributed by atoms with Gasteiger partial charge in [-0.2, -0.15) is 5.10 Å². The summed E-state index contributed by atoms with van der Waals surface area (Å²) in [5.74, 6) is -0.263. The lowest BCUT2D eigenvalue weighted by molar-refractivity contribution is 0.630. The second kappa shape index (κ2) is 3.73. The number of aromatic nitrogens is 2. The van der Waals surface area contributed by atoms with Gasteiger partial charge in [-0.05, 0) is 19.1 Å². The Morgan fingerprint density at radius 3 is 2.73 bits per heavy atom. The highest BCUT2D eigenvalue weighted by molar-refractivity contribution is 5.76. The van der Waals surface area contributed by atoms with Crippen LogP contribution < -0.4 is 5.32 Å². The van der Waals surface area contributed by atoms with Gasteiger partial charge in [-0.1, -0.05) is 12.1 Å². The summed E-state index contributed by atoms with van der Waals surface area (Å²) in [5, 5.41) is 9.93. The van der Waals surface area contributed by atoms with Gasteiger partial charge in [0.15, 0.2) is 0 Å². The van der Waals surface area contributed by atoms with Crippen molar-refractivity contribution in [2.45, 2.75) is 6.92 Å². The molecule has 3 nitrogen and oxygen atoms in total. The number of halogens is 1. The van der Waals surface area contributed by atoms with Crippen molar-refractivity contribution in [1.29, 1.82) is 0 Å². The van der Waals surface area contributed by atoms with E-state index in [1.165, 1.54) is 6.07 Å². The van der Waals surface area contributed by atoms with Gasteiger partial charge >= 0.3 is 0 Å². The fourth-order valence-corrected chi connectivity index (χ4v) is 1.58. The van der Waals surface area contributed by atoms with E-state index in [0.717, 1.165) is 11.4 Å². The van der Waals surface area contributed by atoms with E-state index in [4.69, 9.17) is 0 Å². The Morgan fingerprint density at radius 1 is 1.33 bits per heavy atom. The molecule has 2 N–H and O–H groups in total. The quantitative estimate of drug-likeness (QED) is 0.791. The summed E-state index contributed by atoms with van der Waals surface area (Å²) in [4.78, 5) is 0. The second-order valence-electron chi connectivity index (χ2n) is 3.30. The van der Waals surface area contributed by atoms with Crippen LogP contribution in [0, 0.1) is 12.7 Å². The standard InChI is InChI=1S/C11H12FN3/c1-7-10(13-2)11(15-14-7)8-5-3-4-6-9(8)12/h3-6,13H,1-2H3,(H,14,15). The molecule has 0 fully saturated rings. The first-order valence-corrected chi connectivity index (χ1v) is 4.71. The van der Waals surface area contributed by atoms with Crippen LogP contribution >= 0.6 is 0 Å². The van der Waals surface area contributed by atoms with Crippen molar-refractivity contribution in [2.24, 2.45) is 0 Å². The Morgan fingerprint density at radius 2 is 2.07 bits per heavy atom. The molecule has 0 saturated carbocycles. The third-order valence-electron chi connectivity index (χ3n) is 2.33. The van der Waals surface area contributed by atoms with Gasteiger partial charge in [0.2, 0.25) is 0 Å². The second-order valence-corrected chi connectivity index (χ2v) is 3.30. The molecule has 15 heavy (non-hydrogen) atoms. The van der Waals surface area contributed by atoms with Gasteiger partial charge in [-0.3, -0.25) is 5.10 Å². The maximum absolute atomic E-state index is 13.5. The largest absolute Gasteiger partial charge is 0.385 e. The number of anilines is 1. The first-order chi connectivity index (χ1) is 7.24. The molecule has 0 aliphatic rings. The van der Waals surface area contributed by atoms with E-state index in [1.807, 2.05) is 6.92 Å². The number of rotatable bonds is 2. The molecule has 1 aromatic heterocycles. The Bertz CT molecular complexity index is 476. The molecule has 0 radical (unpaired) electrons. The normalized spacial score (nSPS) is 10.3. The molecule has 1 aromatic carbocycles. The van der Waals surface area contributed by atoms with Gasteiger partial charge in [-0.15, -0.1) is 0 Å². The summed E-state index contributed by atoms with van der Waals surface area (Å²) < 4.78 is 13.5. The van der Waals surface area contributed by atoms with Crippen LogP contribution in [0.4, 0.5) is 10.1 Å². The lowest BCUT2D eigenvalue weighted by Crippen LogP contribution is -1.92. The van der Waals surface area contributed by atoms with Crippen LogP contribution in [0.3, 0.4) is 0 Å². The first kappa shape index (κ1) is 9.71. The number of nitrogens with zero attached hydrogens (tertiary/aromatic N) is 1. The highest BCUT2D eigenvalue weighted by Gasteiger charge is 2.13. The minimum atomic E-state index is -0.263. The molecule has 0 spiro atoms. The van der Waals surface area contributed by atoms with E-state index in [9.17, 15) is 4.39 Å². The molecule has 0 aliphatic heterocycles. The molecule has 0 bridgehead atoms.